The van der Waals surface area contributed by atoms with Gasteiger partial charge >= 0.3 is 0 Å². The van der Waals surface area contributed by atoms with Crippen molar-refractivity contribution < 1.29 is 9.59 Å². The number of carbonyl (C=O) groups is 2. The molecule has 0 saturated carbocycles. The minimum atomic E-state index is -0.229. The Morgan fingerprint density at radius 2 is 2.03 bits per heavy atom. The smallest absolute Gasteiger partial charge is 0.238 e. The number of hydrogen-bond donors (Lipinski definition) is 4. The van der Waals surface area contributed by atoms with Crippen molar-refractivity contribution in [1.82, 2.24) is 5.32 Å². The van der Waals surface area contributed by atoms with Gasteiger partial charge in [0.15, 0.2) is 6.29 Å². The van der Waals surface area contributed by atoms with Gasteiger partial charge in [-0.05, 0) is 52.3 Å². The van der Waals surface area contributed by atoms with Crippen molar-refractivity contribution in [2.75, 3.05) is 24.6 Å². The van der Waals surface area contributed by atoms with Crippen molar-refractivity contribution in [3.63, 3.8) is 0 Å². The fourth-order valence-electron chi connectivity index (χ4n) is 2.84. The Kier molecular flexibility index (Phi) is 10.7. The van der Waals surface area contributed by atoms with E-state index in [-0.39, 0.29) is 12.5 Å². The number of hydrogen-bond acceptors (Lipinski definition) is 6. The van der Waals surface area contributed by atoms with Crippen LogP contribution in [0.5, 0.6) is 0 Å². The number of amides is 1. The minimum absolute atomic E-state index is 0.154. The average molecular weight is 398 g/mol. The molecule has 0 fully saturated rings. The van der Waals surface area contributed by atoms with Gasteiger partial charge in [0.1, 0.15) is 0 Å². The number of unbranched alkanes of at least 4 members (excludes halogenated alkanes) is 2. The molecule has 0 aliphatic rings. The SMILES string of the molecule is C/C=C\CCC/C=C(C)/C=C(\C=NN)c1c(N)cc(NC(=O)CNC)cc1C=O. The fourth-order valence-corrected chi connectivity index (χ4v) is 2.84. The molecule has 0 spiro atoms. The third-order valence-electron chi connectivity index (χ3n) is 4.11. The van der Waals surface area contributed by atoms with Crippen LogP contribution in [0.2, 0.25) is 0 Å². The Balaban J connectivity index is 3.21. The zero-order chi connectivity index (χ0) is 21.6. The summed E-state index contributed by atoms with van der Waals surface area (Å²) in [6.07, 6.45) is 13.4. The Labute approximate surface area is 172 Å². The highest BCUT2D eigenvalue weighted by Crippen LogP contribution is 2.29. The molecule has 0 aliphatic carbocycles. The van der Waals surface area contributed by atoms with E-state index in [1.54, 1.807) is 19.2 Å². The van der Waals surface area contributed by atoms with E-state index in [1.165, 1.54) is 6.21 Å². The Hall–Kier alpha value is -3.19. The Bertz CT molecular complexity index is 823. The third-order valence-corrected chi connectivity index (χ3v) is 4.11. The number of nitrogens with two attached hydrogens (primary N) is 2. The third kappa shape index (κ3) is 8.15. The van der Waals surface area contributed by atoms with Crippen molar-refractivity contribution in [2.45, 2.75) is 33.1 Å². The standard InChI is InChI=1S/C22H31N5O2/c1-4-5-6-7-8-9-16(2)10-17(13-26-24)22-18(15-28)11-19(12-20(22)23)27-21(29)14-25-3/h4-5,9-13,15,25H,6-8,14,23-24H2,1-3H3,(H,27,29)/b5-4-,16-9+,17-10+,26-13?. The number of nitrogens with zero attached hydrogens (tertiary/aromatic N) is 1. The van der Waals surface area contributed by atoms with Gasteiger partial charge in [0.05, 0.1) is 12.8 Å². The van der Waals surface area contributed by atoms with Gasteiger partial charge in [-0.3, -0.25) is 9.59 Å². The predicted octanol–water partition coefficient (Wildman–Crippen LogP) is 3.26. The maximum atomic E-state index is 11.8. The number of hydrazone groups is 1. The summed E-state index contributed by atoms with van der Waals surface area (Å²) in [4.78, 5) is 23.5. The lowest BCUT2D eigenvalue weighted by Gasteiger charge is -2.13. The highest BCUT2D eigenvalue weighted by molar-refractivity contribution is 6.15. The molecule has 1 aromatic rings. The molecule has 1 rings (SSSR count). The maximum Gasteiger partial charge on any atom is 0.238 e. The molecule has 0 atom stereocenters. The van der Waals surface area contributed by atoms with Gasteiger partial charge in [-0.2, -0.15) is 5.10 Å². The first-order valence-corrected chi connectivity index (χ1v) is 9.53. The van der Waals surface area contributed by atoms with Crippen LogP contribution in [-0.4, -0.2) is 32.0 Å². The molecule has 0 bridgehead atoms. The normalized spacial score (nSPS) is 12.7. The van der Waals surface area contributed by atoms with E-state index in [2.05, 4.69) is 27.9 Å². The summed E-state index contributed by atoms with van der Waals surface area (Å²) in [6.45, 7) is 4.14. The van der Waals surface area contributed by atoms with E-state index in [0.29, 0.717) is 34.4 Å². The van der Waals surface area contributed by atoms with Gasteiger partial charge in [-0.25, -0.2) is 0 Å². The van der Waals surface area contributed by atoms with Crippen LogP contribution >= 0.6 is 0 Å². The van der Waals surface area contributed by atoms with Crippen LogP contribution in [0.1, 0.15) is 49.0 Å². The molecule has 0 unspecified atom stereocenters. The second-order valence-corrected chi connectivity index (χ2v) is 6.55. The lowest BCUT2D eigenvalue weighted by molar-refractivity contribution is -0.115. The summed E-state index contributed by atoms with van der Waals surface area (Å²) in [5.41, 5.74) is 9.53. The van der Waals surface area contributed by atoms with E-state index in [4.69, 9.17) is 11.6 Å². The van der Waals surface area contributed by atoms with Crippen molar-refractivity contribution in [2.24, 2.45) is 10.9 Å². The van der Waals surface area contributed by atoms with Crippen molar-refractivity contribution in [1.29, 1.82) is 0 Å². The van der Waals surface area contributed by atoms with Crippen LogP contribution in [0.15, 0.2) is 47.1 Å². The largest absolute Gasteiger partial charge is 0.398 e. The minimum Gasteiger partial charge on any atom is -0.398 e. The van der Waals surface area contributed by atoms with Gasteiger partial charge in [0, 0.05) is 28.1 Å². The predicted molar refractivity (Wildman–Crippen MR) is 122 cm³/mol. The van der Waals surface area contributed by atoms with Crippen LogP contribution in [0.3, 0.4) is 0 Å². The first kappa shape index (κ1) is 23.8. The Morgan fingerprint density at radius 3 is 2.66 bits per heavy atom. The van der Waals surface area contributed by atoms with Gasteiger partial charge in [-0.15, -0.1) is 0 Å². The summed E-state index contributed by atoms with van der Waals surface area (Å²) < 4.78 is 0. The van der Waals surface area contributed by atoms with Crippen molar-refractivity contribution in [3.05, 3.63) is 53.1 Å². The fraction of sp³-hybridized carbons (Fsp3) is 0.318. The highest BCUT2D eigenvalue weighted by atomic mass is 16.1. The molecular weight excluding hydrogens is 366 g/mol. The molecule has 1 amide bonds. The molecule has 0 aliphatic heterocycles. The molecule has 7 heteroatoms. The summed E-state index contributed by atoms with van der Waals surface area (Å²) >= 11 is 0. The first-order chi connectivity index (χ1) is 14.0. The van der Waals surface area contributed by atoms with Crippen LogP contribution in [0, 0.1) is 0 Å². The molecule has 0 aromatic heterocycles. The van der Waals surface area contributed by atoms with Crippen LogP contribution < -0.4 is 22.2 Å². The lowest BCUT2D eigenvalue weighted by Crippen LogP contribution is -2.25. The second-order valence-electron chi connectivity index (χ2n) is 6.55. The number of nitrogen functional groups attached to an aromatic ring is 1. The molecule has 0 radical (unpaired) electrons. The van der Waals surface area contributed by atoms with E-state index < -0.39 is 0 Å². The monoisotopic (exact) mass is 397 g/mol. The number of aldehydes is 1. The molecule has 6 N–H and O–H groups in total. The molecule has 7 nitrogen and oxygen atoms in total. The summed E-state index contributed by atoms with van der Waals surface area (Å²) in [6, 6.07) is 3.20. The van der Waals surface area contributed by atoms with Gasteiger partial charge < -0.3 is 22.2 Å². The van der Waals surface area contributed by atoms with Gasteiger partial charge in [0.25, 0.3) is 0 Å². The summed E-state index contributed by atoms with van der Waals surface area (Å²) in [5.74, 6) is 5.15. The van der Waals surface area contributed by atoms with E-state index >= 15 is 0 Å². The van der Waals surface area contributed by atoms with Crippen LogP contribution in [-0.2, 0) is 4.79 Å². The highest BCUT2D eigenvalue weighted by Gasteiger charge is 2.13. The first-order valence-electron chi connectivity index (χ1n) is 9.53. The molecule has 29 heavy (non-hydrogen) atoms. The Morgan fingerprint density at radius 1 is 1.28 bits per heavy atom. The zero-order valence-electron chi connectivity index (χ0n) is 17.4. The number of benzene rings is 1. The lowest BCUT2D eigenvalue weighted by atomic mass is 9.96. The zero-order valence-corrected chi connectivity index (χ0v) is 17.4. The number of likely N-dealkylation sites (N-methyl/N-ethyl adjacent to an activating group) is 1. The topological polar surface area (TPSA) is 123 Å². The molecular formula is C22H31N5O2. The number of rotatable bonds is 11. The number of allylic oxidation sites excluding steroid dienone is 6. The quantitative estimate of drug-likeness (QED) is 0.0667. The van der Waals surface area contributed by atoms with Crippen molar-refractivity contribution >= 4 is 35.4 Å². The molecule has 0 heterocycles. The van der Waals surface area contributed by atoms with Gasteiger partial charge in [-0.1, -0.05) is 29.9 Å². The number of anilines is 2. The van der Waals surface area contributed by atoms with E-state index in [0.717, 1.165) is 24.8 Å². The average Bonchev–Trinajstić information content (AvgIpc) is 2.67. The van der Waals surface area contributed by atoms with Crippen LogP contribution in [0.25, 0.3) is 5.57 Å². The summed E-state index contributed by atoms with van der Waals surface area (Å²) in [5, 5.41) is 9.09. The molecule has 156 valence electrons. The molecule has 0 saturated heterocycles. The number of nitrogens with one attached hydrogen (secondary N) is 2. The maximum absolute atomic E-state index is 11.8. The van der Waals surface area contributed by atoms with E-state index in [9.17, 15) is 9.59 Å². The van der Waals surface area contributed by atoms with E-state index in [1.807, 2.05) is 26.0 Å². The van der Waals surface area contributed by atoms with Crippen molar-refractivity contribution in [3.8, 4) is 0 Å². The van der Waals surface area contributed by atoms with Crippen LogP contribution in [0.4, 0.5) is 11.4 Å². The molecule has 1 aromatic carbocycles. The second kappa shape index (κ2) is 13.1. The summed E-state index contributed by atoms with van der Waals surface area (Å²) in [7, 11) is 1.67. The van der Waals surface area contributed by atoms with Gasteiger partial charge in [0.2, 0.25) is 5.91 Å². The number of carbonyl (C=O) groups excluding carboxylic acids is 2.